The first-order chi connectivity index (χ1) is 14.7. The second-order valence-corrected chi connectivity index (χ2v) is 6.86. The van der Waals surface area contributed by atoms with Crippen LogP contribution in [0.1, 0.15) is 22.8 Å². The van der Waals surface area contributed by atoms with Gasteiger partial charge in [0, 0.05) is 18.2 Å². The molecule has 158 valence electrons. The number of benzene rings is 2. The molecule has 1 heterocycles. The lowest BCUT2D eigenvalue weighted by atomic mass is 9.96. The van der Waals surface area contributed by atoms with E-state index < -0.39 is 11.9 Å². The molecule has 0 radical (unpaired) electrons. The Balaban J connectivity index is 1.87. The van der Waals surface area contributed by atoms with E-state index in [2.05, 4.69) is 28.5 Å². The molecule has 8 nitrogen and oxygen atoms in total. The van der Waals surface area contributed by atoms with Gasteiger partial charge in [-0.1, -0.05) is 37.4 Å². The molecular formula is C23H21N3O5. The van der Waals surface area contributed by atoms with Gasteiger partial charge in [0.15, 0.2) is 0 Å². The average molecular weight is 419 g/mol. The van der Waals surface area contributed by atoms with Crippen molar-refractivity contribution in [3.63, 3.8) is 0 Å². The molecule has 0 unspecified atom stereocenters. The number of anilines is 1. The van der Waals surface area contributed by atoms with Crippen LogP contribution in [0.15, 0.2) is 67.0 Å². The van der Waals surface area contributed by atoms with Crippen LogP contribution in [0.3, 0.4) is 0 Å². The molecule has 8 heteroatoms. The summed E-state index contributed by atoms with van der Waals surface area (Å²) in [4.78, 5) is 49.4. The van der Waals surface area contributed by atoms with Gasteiger partial charge in [-0.25, -0.2) is 4.79 Å². The third-order valence-corrected chi connectivity index (χ3v) is 4.75. The SMILES string of the molecule is C=C(NC(=O)C(=C)N1Cc2c(cccc2-c2cccc(NC(C)=O)c2)C1=O)C(=O)OC. The first-order valence-corrected chi connectivity index (χ1v) is 9.32. The molecule has 0 aromatic heterocycles. The van der Waals surface area contributed by atoms with Crippen molar-refractivity contribution >= 4 is 29.4 Å². The van der Waals surface area contributed by atoms with Crippen LogP contribution in [0.4, 0.5) is 5.69 Å². The van der Waals surface area contributed by atoms with E-state index in [1.54, 1.807) is 24.3 Å². The number of nitrogens with one attached hydrogen (secondary N) is 2. The third kappa shape index (κ3) is 4.37. The Kier molecular flexibility index (Phi) is 6.01. The topological polar surface area (TPSA) is 105 Å². The number of amides is 3. The maximum Gasteiger partial charge on any atom is 0.353 e. The lowest BCUT2D eigenvalue weighted by Crippen LogP contribution is -2.36. The van der Waals surface area contributed by atoms with E-state index in [1.165, 1.54) is 11.8 Å². The molecule has 1 aliphatic heterocycles. The van der Waals surface area contributed by atoms with E-state index in [0.29, 0.717) is 11.3 Å². The normalized spacial score (nSPS) is 12.1. The zero-order valence-corrected chi connectivity index (χ0v) is 17.2. The van der Waals surface area contributed by atoms with Gasteiger partial charge in [0.2, 0.25) is 5.91 Å². The Morgan fingerprint density at radius 2 is 1.74 bits per heavy atom. The van der Waals surface area contributed by atoms with Crippen molar-refractivity contribution in [3.8, 4) is 11.1 Å². The van der Waals surface area contributed by atoms with Gasteiger partial charge < -0.3 is 15.4 Å². The second-order valence-electron chi connectivity index (χ2n) is 6.86. The van der Waals surface area contributed by atoms with Gasteiger partial charge in [0.1, 0.15) is 11.4 Å². The summed E-state index contributed by atoms with van der Waals surface area (Å²) in [7, 11) is 1.16. The van der Waals surface area contributed by atoms with Crippen molar-refractivity contribution in [2.45, 2.75) is 13.5 Å². The standard InChI is InChI=1S/C23H21N3O5/c1-13(23(30)31-4)24-21(28)14(2)26-12-20-18(9-6-10-19(20)22(26)29)16-7-5-8-17(11-16)25-15(3)27/h5-11H,1-2,12H2,3-4H3,(H,24,28)(H,25,27). The lowest BCUT2D eigenvalue weighted by Gasteiger charge is -2.18. The fourth-order valence-corrected chi connectivity index (χ4v) is 3.30. The van der Waals surface area contributed by atoms with Crippen molar-refractivity contribution in [2.24, 2.45) is 0 Å². The number of hydrogen-bond donors (Lipinski definition) is 2. The number of rotatable bonds is 6. The number of esters is 1. The fourth-order valence-electron chi connectivity index (χ4n) is 3.30. The molecule has 0 aliphatic carbocycles. The van der Waals surface area contributed by atoms with E-state index in [-0.39, 0.29) is 29.8 Å². The van der Waals surface area contributed by atoms with Gasteiger partial charge in [-0.2, -0.15) is 0 Å². The molecular weight excluding hydrogens is 398 g/mol. The Morgan fingerprint density at radius 3 is 2.42 bits per heavy atom. The predicted octanol–water partition coefficient (Wildman–Crippen LogP) is 2.58. The third-order valence-electron chi connectivity index (χ3n) is 4.75. The minimum atomic E-state index is -0.793. The number of carbonyl (C=O) groups is 4. The summed E-state index contributed by atoms with van der Waals surface area (Å²) in [6, 6.07) is 12.6. The summed E-state index contributed by atoms with van der Waals surface area (Å²) < 4.78 is 4.50. The van der Waals surface area contributed by atoms with Gasteiger partial charge >= 0.3 is 5.97 Å². The van der Waals surface area contributed by atoms with Crippen molar-refractivity contribution in [1.82, 2.24) is 10.2 Å². The Hall–Kier alpha value is -4.20. The minimum Gasteiger partial charge on any atom is -0.464 e. The Labute approximate surface area is 179 Å². The molecule has 1 aliphatic rings. The largest absolute Gasteiger partial charge is 0.464 e. The van der Waals surface area contributed by atoms with Crippen LogP contribution < -0.4 is 10.6 Å². The minimum absolute atomic E-state index is 0.121. The number of carbonyl (C=O) groups excluding carboxylic acids is 4. The van der Waals surface area contributed by atoms with Crippen molar-refractivity contribution < 1.29 is 23.9 Å². The molecule has 2 N–H and O–H groups in total. The van der Waals surface area contributed by atoms with Crippen LogP contribution in [0.2, 0.25) is 0 Å². The smallest absolute Gasteiger partial charge is 0.353 e. The Bertz CT molecular complexity index is 1140. The number of methoxy groups -OCH3 is 1. The highest BCUT2D eigenvalue weighted by atomic mass is 16.5. The summed E-state index contributed by atoms with van der Waals surface area (Å²) in [5, 5.41) is 5.02. The van der Waals surface area contributed by atoms with Crippen molar-refractivity contribution in [1.29, 1.82) is 0 Å². The van der Waals surface area contributed by atoms with Crippen LogP contribution in [0.5, 0.6) is 0 Å². The van der Waals surface area contributed by atoms with E-state index >= 15 is 0 Å². The Morgan fingerprint density at radius 1 is 1.06 bits per heavy atom. The summed E-state index contributed by atoms with van der Waals surface area (Å²) in [5.74, 6) is -2.09. The van der Waals surface area contributed by atoms with E-state index in [4.69, 9.17) is 0 Å². The molecule has 0 spiro atoms. The van der Waals surface area contributed by atoms with Crippen LogP contribution in [-0.2, 0) is 25.7 Å². The van der Waals surface area contributed by atoms with E-state index in [9.17, 15) is 19.2 Å². The summed E-state index contributed by atoms with van der Waals surface area (Å²) >= 11 is 0. The van der Waals surface area contributed by atoms with E-state index in [1.807, 2.05) is 18.2 Å². The van der Waals surface area contributed by atoms with Crippen LogP contribution in [0.25, 0.3) is 11.1 Å². The summed E-state index contributed by atoms with van der Waals surface area (Å²) in [6.07, 6.45) is 0. The zero-order chi connectivity index (χ0) is 22.7. The van der Waals surface area contributed by atoms with Crippen molar-refractivity contribution in [3.05, 3.63) is 78.1 Å². The van der Waals surface area contributed by atoms with Gasteiger partial charge in [-0.3, -0.25) is 19.3 Å². The van der Waals surface area contributed by atoms with Gasteiger partial charge in [0.25, 0.3) is 11.8 Å². The molecule has 0 saturated carbocycles. The summed E-state index contributed by atoms with van der Waals surface area (Å²) in [6.45, 7) is 8.70. The van der Waals surface area contributed by atoms with Gasteiger partial charge in [0.05, 0.1) is 13.7 Å². The van der Waals surface area contributed by atoms with E-state index in [0.717, 1.165) is 23.8 Å². The fraction of sp³-hybridized carbons (Fsp3) is 0.130. The van der Waals surface area contributed by atoms with Gasteiger partial charge in [-0.05, 0) is 34.9 Å². The molecule has 2 aromatic rings. The highest BCUT2D eigenvalue weighted by Crippen LogP contribution is 2.35. The molecule has 3 rings (SSSR count). The highest BCUT2D eigenvalue weighted by molar-refractivity contribution is 6.08. The number of ether oxygens (including phenoxy) is 1. The first kappa shape index (κ1) is 21.5. The quantitative estimate of drug-likeness (QED) is 0.553. The molecule has 2 aromatic carbocycles. The molecule has 3 amide bonds. The molecule has 0 atom stereocenters. The maximum absolute atomic E-state index is 12.9. The van der Waals surface area contributed by atoms with Crippen LogP contribution in [0, 0.1) is 0 Å². The van der Waals surface area contributed by atoms with Crippen molar-refractivity contribution in [2.75, 3.05) is 12.4 Å². The molecule has 31 heavy (non-hydrogen) atoms. The summed E-state index contributed by atoms with van der Waals surface area (Å²) in [5.41, 5.74) is 3.04. The molecule has 0 bridgehead atoms. The average Bonchev–Trinajstić information content (AvgIpc) is 3.08. The first-order valence-electron chi connectivity index (χ1n) is 9.32. The van der Waals surface area contributed by atoms with Gasteiger partial charge in [-0.15, -0.1) is 0 Å². The predicted molar refractivity (Wildman–Crippen MR) is 114 cm³/mol. The molecule has 0 saturated heterocycles. The lowest BCUT2D eigenvalue weighted by molar-refractivity contribution is -0.137. The second kappa shape index (κ2) is 8.66. The number of fused-ring (bicyclic) bond motifs is 1. The molecule has 0 fully saturated rings. The number of hydrogen-bond acceptors (Lipinski definition) is 5. The number of nitrogens with zero attached hydrogens (tertiary/aromatic N) is 1. The van der Waals surface area contributed by atoms with Crippen LogP contribution >= 0.6 is 0 Å². The maximum atomic E-state index is 12.9. The highest BCUT2D eigenvalue weighted by Gasteiger charge is 2.33. The zero-order valence-electron chi connectivity index (χ0n) is 17.2. The van der Waals surface area contributed by atoms with Crippen LogP contribution in [-0.4, -0.2) is 35.7 Å². The monoisotopic (exact) mass is 419 g/mol.